The van der Waals surface area contributed by atoms with Gasteiger partial charge in [-0.2, -0.15) is 0 Å². The van der Waals surface area contributed by atoms with Gasteiger partial charge < -0.3 is 9.88 Å². The van der Waals surface area contributed by atoms with E-state index in [1.807, 2.05) is 46.4 Å². The number of fused-ring (bicyclic) bond motifs is 1. The van der Waals surface area contributed by atoms with E-state index >= 15 is 0 Å². The largest absolute Gasteiger partial charge is 0.370 e. The number of hydrazone groups is 1. The van der Waals surface area contributed by atoms with E-state index in [2.05, 4.69) is 53.2 Å². The zero-order valence-electron chi connectivity index (χ0n) is 21.1. The molecule has 1 N–H and O–H groups in total. The number of ketones is 1. The number of carbonyl (C=O) groups is 1. The smallest absolute Gasteiger partial charge is 0.198 e. The van der Waals surface area contributed by atoms with Crippen LogP contribution in [0.2, 0.25) is 5.02 Å². The Hall–Kier alpha value is -3.77. The lowest BCUT2D eigenvalue weighted by Gasteiger charge is -2.33. The first-order chi connectivity index (χ1) is 18.0. The Morgan fingerprint density at radius 3 is 2.43 bits per heavy atom. The van der Waals surface area contributed by atoms with Crippen LogP contribution in [0.4, 0.5) is 17.1 Å². The van der Waals surface area contributed by atoms with Crippen LogP contribution in [0.3, 0.4) is 0 Å². The van der Waals surface area contributed by atoms with Crippen molar-refractivity contribution >= 4 is 51.2 Å². The number of carbonyl (C=O) groups excluding carboxylic acids is 1. The average Bonchev–Trinajstić information content (AvgIpc) is 3.51. The highest BCUT2D eigenvalue weighted by atomic mass is 35.5. The Balaban J connectivity index is 1.50. The maximum absolute atomic E-state index is 13.0. The van der Waals surface area contributed by atoms with Crippen molar-refractivity contribution in [2.75, 3.05) is 27.9 Å². The summed E-state index contributed by atoms with van der Waals surface area (Å²) in [5.74, 6) is 0.285. The lowest BCUT2D eigenvalue weighted by atomic mass is 10.1. The number of aromatic amines is 1. The van der Waals surface area contributed by atoms with E-state index in [4.69, 9.17) is 16.7 Å². The third kappa shape index (κ3) is 4.25. The number of aromatic nitrogens is 1. The van der Waals surface area contributed by atoms with Crippen LogP contribution in [-0.4, -0.2) is 29.7 Å². The molecule has 3 aromatic carbocycles. The number of benzene rings is 3. The third-order valence-corrected chi connectivity index (χ3v) is 7.63. The van der Waals surface area contributed by atoms with Gasteiger partial charge in [-0.25, -0.2) is 5.01 Å². The predicted octanol–water partition coefficient (Wildman–Crippen LogP) is 7.05. The zero-order chi connectivity index (χ0) is 25.5. The van der Waals surface area contributed by atoms with Crippen molar-refractivity contribution in [1.82, 2.24) is 4.98 Å². The number of H-pyrrole nitrogens is 1. The molecule has 37 heavy (non-hydrogen) atoms. The van der Waals surface area contributed by atoms with Gasteiger partial charge in [-0.15, -0.1) is 5.10 Å². The lowest BCUT2D eigenvalue weighted by molar-refractivity contribution is -0.111. The van der Waals surface area contributed by atoms with Gasteiger partial charge in [0.15, 0.2) is 17.8 Å². The predicted molar refractivity (Wildman–Crippen MR) is 153 cm³/mol. The molecule has 4 aromatic rings. The molecule has 6 rings (SSSR count). The van der Waals surface area contributed by atoms with Crippen LogP contribution in [0.25, 0.3) is 10.9 Å². The van der Waals surface area contributed by atoms with Crippen molar-refractivity contribution in [3.63, 3.8) is 0 Å². The number of amidine groups is 1. The summed E-state index contributed by atoms with van der Waals surface area (Å²) < 4.78 is 0. The molecule has 0 bridgehead atoms. The second kappa shape index (κ2) is 9.60. The van der Waals surface area contributed by atoms with E-state index in [9.17, 15) is 4.79 Å². The Morgan fingerprint density at radius 2 is 1.70 bits per heavy atom. The first-order valence-corrected chi connectivity index (χ1v) is 13.2. The SMILES string of the molecule is CC(=O)C1=NN(c2ccc(C)cc2)[C@@H](c2c[nH]c3ccccc23)N1c1ccc(N2CCCCC2)c(Cl)c1. The summed E-state index contributed by atoms with van der Waals surface area (Å²) in [4.78, 5) is 20.8. The molecule has 1 saturated heterocycles. The van der Waals surface area contributed by atoms with Crippen LogP contribution >= 0.6 is 11.6 Å². The first kappa shape index (κ1) is 23.6. The summed E-state index contributed by atoms with van der Waals surface area (Å²) in [6.07, 6.45) is 5.28. The second-order valence-corrected chi connectivity index (χ2v) is 10.3. The molecule has 7 heteroatoms. The number of halogens is 1. The number of rotatable bonds is 5. The Bertz CT molecular complexity index is 1490. The standard InChI is InChI=1S/C30H30ClN5O/c1-20-10-12-22(13-11-20)36-30(25-19-32-27-9-5-4-8-24(25)27)35(29(33-36)21(2)37)23-14-15-28(26(31)18-23)34-16-6-3-7-17-34/h4-5,8-15,18-19,30,32H,3,6-7,16-17H2,1-2H3/t30-/m0/s1. The van der Waals surface area contributed by atoms with Gasteiger partial charge in [0.1, 0.15) is 0 Å². The normalized spacial score (nSPS) is 18.0. The molecule has 0 unspecified atom stereocenters. The molecule has 0 spiro atoms. The number of piperidine rings is 1. The first-order valence-electron chi connectivity index (χ1n) is 12.9. The second-order valence-electron chi connectivity index (χ2n) is 9.88. The highest BCUT2D eigenvalue weighted by molar-refractivity contribution is 6.44. The van der Waals surface area contributed by atoms with E-state index in [0.717, 1.165) is 46.6 Å². The summed E-state index contributed by atoms with van der Waals surface area (Å²) in [5.41, 5.74) is 6.04. The van der Waals surface area contributed by atoms with Crippen molar-refractivity contribution in [2.45, 2.75) is 39.3 Å². The monoisotopic (exact) mass is 511 g/mol. The molecule has 188 valence electrons. The zero-order valence-corrected chi connectivity index (χ0v) is 21.9. The Labute approximate surface area is 222 Å². The van der Waals surface area contributed by atoms with Crippen LogP contribution in [0.1, 0.15) is 43.5 Å². The number of hydrogen-bond acceptors (Lipinski definition) is 5. The number of nitrogens with zero attached hydrogens (tertiary/aromatic N) is 4. The van der Waals surface area contributed by atoms with Crippen LogP contribution in [-0.2, 0) is 4.79 Å². The molecule has 6 nitrogen and oxygen atoms in total. The lowest BCUT2D eigenvalue weighted by Crippen LogP contribution is -2.38. The van der Waals surface area contributed by atoms with E-state index in [0.29, 0.717) is 10.9 Å². The molecule has 2 aliphatic rings. The summed E-state index contributed by atoms with van der Waals surface area (Å²) in [5, 5.41) is 8.61. The Kier molecular flexibility index (Phi) is 6.13. The van der Waals surface area contributed by atoms with Crippen molar-refractivity contribution in [3.05, 3.63) is 89.1 Å². The van der Waals surface area contributed by atoms with Gasteiger partial charge in [-0.3, -0.25) is 9.69 Å². The van der Waals surface area contributed by atoms with Gasteiger partial charge in [-0.05, 0) is 62.6 Å². The molecule has 0 radical (unpaired) electrons. The van der Waals surface area contributed by atoms with Crippen molar-refractivity contribution in [3.8, 4) is 0 Å². The van der Waals surface area contributed by atoms with E-state index in [1.165, 1.54) is 24.8 Å². The molecule has 2 aliphatic heterocycles. The molecule has 0 amide bonds. The maximum Gasteiger partial charge on any atom is 0.198 e. The third-order valence-electron chi connectivity index (χ3n) is 7.33. The van der Waals surface area contributed by atoms with Gasteiger partial charge >= 0.3 is 0 Å². The van der Waals surface area contributed by atoms with Crippen molar-refractivity contribution < 1.29 is 4.79 Å². The Morgan fingerprint density at radius 1 is 0.973 bits per heavy atom. The fraction of sp³-hybridized carbons (Fsp3) is 0.267. The minimum Gasteiger partial charge on any atom is -0.370 e. The average molecular weight is 512 g/mol. The summed E-state index contributed by atoms with van der Waals surface area (Å²) in [7, 11) is 0. The van der Waals surface area contributed by atoms with Crippen LogP contribution in [0.15, 0.2) is 78.0 Å². The van der Waals surface area contributed by atoms with E-state index < -0.39 is 0 Å². The molecule has 0 saturated carbocycles. The number of nitrogens with one attached hydrogen (secondary N) is 1. The molecule has 3 heterocycles. The minimum atomic E-state index is -0.366. The molecule has 1 atom stereocenters. The summed E-state index contributed by atoms with van der Waals surface area (Å²) in [6, 6.07) is 22.6. The highest BCUT2D eigenvalue weighted by Gasteiger charge is 2.40. The molecular weight excluding hydrogens is 482 g/mol. The quantitative estimate of drug-likeness (QED) is 0.312. The van der Waals surface area contributed by atoms with Crippen molar-refractivity contribution in [2.24, 2.45) is 5.10 Å². The van der Waals surface area contributed by atoms with Gasteiger partial charge in [0, 0.05) is 48.4 Å². The molecule has 1 fully saturated rings. The minimum absolute atomic E-state index is 0.101. The van der Waals surface area contributed by atoms with Gasteiger partial charge in [0.2, 0.25) is 0 Å². The van der Waals surface area contributed by atoms with Gasteiger partial charge in [-0.1, -0.05) is 47.5 Å². The summed E-state index contributed by atoms with van der Waals surface area (Å²) >= 11 is 6.89. The topological polar surface area (TPSA) is 54.9 Å². The van der Waals surface area contributed by atoms with Crippen molar-refractivity contribution in [1.29, 1.82) is 0 Å². The van der Waals surface area contributed by atoms with E-state index in [1.54, 1.807) is 6.92 Å². The summed E-state index contributed by atoms with van der Waals surface area (Å²) in [6.45, 7) is 5.66. The van der Waals surface area contributed by atoms with Gasteiger partial charge in [0.05, 0.1) is 16.4 Å². The fourth-order valence-electron chi connectivity index (χ4n) is 5.45. The van der Waals surface area contributed by atoms with Crippen LogP contribution in [0.5, 0.6) is 0 Å². The molecular formula is C30H30ClN5O. The number of para-hydroxylation sites is 1. The number of anilines is 3. The highest BCUT2D eigenvalue weighted by Crippen LogP contribution is 2.43. The number of hydrogen-bond donors (Lipinski definition) is 1. The molecule has 0 aliphatic carbocycles. The van der Waals surface area contributed by atoms with E-state index in [-0.39, 0.29) is 11.9 Å². The maximum atomic E-state index is 13.0. The fourth-order valence-corrected chi connectivity index (χ4v) is 5.74. The van der Waals surface area contributed by atoms with Crippen LogP contribution in [0, 0.1) is 6.92 Å². The molecule has 1 aromatic heterocycles. The number of Topliss-reactive ketones (excluding diaryl/α,β-unsaturated/α-hetero) is 1. The van der Waals surface area contributed by atoms with Gasteiger partial charge in [0.25, 0.3) is 0 Å². The number of aryl methyl sites for hydroxylation is 1. The van der Waals surface area contributed by atoms with Crippen LogP contribution < -0.4 is 14.8 Å².